The molecule has 0 spiro atoms. The van der Waals surface area contributed by atoms with Crippen LogP contribution < -0.4 is 9.61 Å². The SMILES string of the molecule is C#CCOc1cc(-n2nc(C(C)(C)C)sc2=O)c(Cl)cc1C(F)(F)F. The Bertz CT molecular complexity index is 889. The van der Waals surface area contributed by atoms with Crippen LogP contribution >= 0.6 is 22.9 Å². The molecule has 0 atom stereocenters. The van der Waals surface area contributed by atoms with Crippen molar-refractivity contribution in [3.05, 3.63) is 37.4 Å². The molecule has 0 N–H and O–H groups in total. The Balaban J connectivity index is 2.66. The lowest BCUT2D eigenvalue weighted by Crippen LogP contribution is -2.16. The van der Waals surface area contributed by atoms with Crippen LogP contribution in [0.4, 0.5) is 13.2 Å². The van der Waals surface area contributed by atoms with Gasteiger partial charge < -0.3 is 4.74 Å². The molecule has 0 amide bonds. The number of benzene rings is 1. The van der Waals surface area contributed by atoms with Crippen molar-refractivity contribution in [2.75, 3.05) is 6.61 Å². The van der Waals surface area contributed by atoms with E-state index < -0.39 is 27.8 Å². The van der Waals surface area contributed by atoms with E-state index in [9.17, 15) is 18.0 Å². The van der Waals surface area contributed by atoms with Crippen molar-refractivity contribution in [2.24, 2.45) is 0 Å². The van der Waals surface area contributed by atoms with Crippen molar-refractivity contribution in [3.63, 3.8) is 0 Å². The van der Waals surface area contributed by atoms with Crippen LogP contribution in [0.1, 0.15) is 31.3 Å². The second-order valence-electron chi connectivity index (χ2n) is 6.13. The topological polar surface area (TPSA) is 44.1 Å². The third-order valence-corrected chi connectivity index (χ3v) is 4.62. The molecular weight excluding hydrogens is 377 g/mol. The average molecular weight is 391 g/mol. The van der Waals surface area contributed by atoms with Crippen molar-refractivity contribution in [3.8, 4) is 23.8 Å². The van der Waals surface area contributed by atoms with Crippen LogP contribution in [0.3, 0.4) is 0 Å². The molecule has 4 nitrogen and oxygen atoms in total. The lowest BCUT2D eigenvalue weighted by atomic mass is 9.98. The zero-order valence-electron chi connectivity index (χ0n) is 13.6. The first kappa shape index (κ1) is 19.3. The van der Waals surface area contributed by atoms with Gasteiger partial charge in [-0.05, 0) is 6.07 Å². The van der Waals surface area contributed by atoms with Gasteiger partial charge in [-0.2, -0.15) is 23.0 Å². The summed E-state index contributed by atoms with van der Waals surface area (Å²) in [6.07, 6.45) is 0.357. The summed E-state index contributed by atoms with van der Waals surface area (Å²) in [6, 6.07) is 1.72. The fourth-order valence-corrected chi connectivity index (χ4v) is 2.96. The van der Waals surface area contributed by atoms with Crippen LogP contribution in [0.25, 0.3) is 5.69 Å². The lowest BCUT2D eigenvalue weighted by Gasteiger charge is -2.16. The van der Waals surface area contributed by atoms with Gasteiger partial charge in [-0.15, -0.1) is 6.42 Å². The van der Waals surface area contributed by atoms with Crippen LogP contribution in [-0.2, 0) is 11.6 Å². The Morgan fingerprint density at radius 3 is 2.48 bits per heavy atom. The van der Waals surface area contributed by atoms with E-state index in [0.717, 1.165) is 22.1 Å². The van der Waals surface area contributed by atoms with E-state index in [1.165, 1.54) is 0 Å². The monoisotopic (exact) mass is 390 g/mol. The molecule has 1 aromatic heterocycles. The first-order valence-corrected chi connectivity index (χ1v) is 8.22. The second-order valence-corrected chi connectivity index (χ2v) is 7.47. The molecule has 134 valence electrons. The molecule has 0 saturated heterocycles. The van der Waals surface area contributed by atoms with E-state index in [4.69, 9.17) is 22.8 Å². The molecule has 0 unspecified atom stereocenters. The Kier molecular flexibility index (Phi) is 5.21. The van der Waals surface area contributed by atoms with Gasteiger partial charge >= 0.3 is 11.0 Å². The first-order chi connectivity index (χ1) is 11.4. The predicted molar refractivity (Wildman–Crippen MR) is 90.8 cm³/mol. The van der Waals surface area contributed by atoms with E-state index >= 15 is 0 Å². The highest BCUT2D eigenvalue weighted by Gasteiger charge is 2.36. The highest BCUT2D eigenvalue weighted by Crippen LogP contribution is 2.40. The quantitative estimate of drug-likeness (QED) is 0.735. The third-order valence-electron chi connectivity index (χ3n) is 3.08. The van der Waals surface area contributed by atoms with Gasteiger partial charge in [-0.3, -0.25) is 4.79 Å². The molecule has 0 saturated carbocycles. The number of alkyl halides is 3. The van der Waals surface area contributed by atoms with Crippen LogP contribution in [0.15, 0.2) is 16.9 Å². The van der Waals surface area contributed by atoms with Crippen molar-refractivity contribution in [1.29, 1.82) is 0 Å². The number of terminal acetylenes is 1. The fourth-order valence-electron chi connectivity index (χ4n) is 1.90. The number of hydrogen-bond donors (Lipinski definition) is 0. The minimum Gasteiger partial charge on any atom is -0.480 e. The lowest BCUT2D eigenvalue weighted by molar-refractivity contribution is -0.138. The number of hydrogen-bond acceptors (Lipinski definition) is 4. The predicted octanol–water partition coefficient (Wildman–Crippen LogP) is 4.28. The van der Waals surface area contributed by atoms with Crippen LogP contribution in [0.2, 0.25) is 5.02 Å². The van der Waals surface area contributed by atoms with Crippen LogP contribution in [0.5, 0.6) is 5.75 Å². The summed E-state index contributed by atoms with van der Waals surface area (Å²) in [7, 11) is 0. The summed E-state index contributed by atoms with van der Waals surface area (Å²) in [5.74, 6) is 1.59. The number of rotatable bonds is 3. The van der Waals surface area contributed by atoms with E-state index in [1.54, 1.807) is 0 Å². The Morgan fingerprint density at radius 2 is 2.00 bits per heavy atom. The van der Waals surface area contributed by atoms with E-state index in [2.05, 4.69) is 11.0 Å². The molecule has 2 rings (SSSR count). The van der Waals surface area contributed by atoms with Crippen molar-refractivity contribution >= 4 is 22.9 Å². The molecule has 0 aliphatic carbocycles. The normalized spacial score (nSPS) is 12.1. The highest BCUT2D eigenvalue weighted by molar-refractivity contribution is 7.09. The number of ether oxygens (including phenoxy) is 1. The molecular formula is C16H14ClF3N2O2S. The second kappa shape index (κ2) is 6.73. The largest absolute Gasteiger partial charge is 0.480 e. The Labute approximate surface area is 151 Å². The Morgan fingerprint density at radius 1 is 1.36 bits per heavy atom. The average Bonchev–Trinajstić information content (AvgIpc) is 2.86. The standard InChI is InChI=1S/C16H14ClF3N2O2S/c1-5-6-24-12-8-11(10(17)7-9(12)16(18,19)20)22-14(23)25-13(21-22)15(2,3)4/h1,7-8H,6H2,2-4H3. The summed E-state index contributed by atoms with van der Waals surface area (Å²) in [4.78, 5) is 11.7. The van der Waals surface area contributed by atoms with Gasteiger partial charge in [0.1, 0.15) is 17.4 Å². The van der Waals surface area contributed by atoms with Crippen molar-refractivity contribution in [1.82, 2.24) is 9.78 Å². The molecule has 1 heterocycles. The summed E-state index contributed by atoms with van der Waals surface area (Å²) in [5, 5.41) is 4.44. The molecule has 0 radical (unpaired) electrons. The van der Waals surface area contributed by atoms with Crippen LogP contribution in [-0.4, -0.2) is 16.4 Å². The smallest absolute Gasteiger partial charge is 0.420 e. The number of aromatic nitrogens is 2. The van der Waals surface area contributed by atoms with E-state index in [1.807, 2.05) is 20.8 Å². The zero-order chi connectivity index (χ0) is 19.0. The minimum absolute atomic E-state index is 0.00145. The molecule has 0 fully saturated rings. The molecule has 0 bridgehead atoms. The molecule has 1 aromatic carbocycles. The molecule has 0 aliphatic rings. The zero-order valence-corrected chi connectivity index (χ0v) is 15.1. The van der Waals surface area contributed by atoms with Gasteiger partial charge in [0.25, 0.3) is 0 Å². The molecule has 2 aromatic rings. The Hall–Kier alpha value is -1.98. The molecule has 9 heteroatoms. The van der Waals surface area contributed by atoms with Gasteiger partial charge in [-0.1, -0.05) is 49.6 Å². The third kappa shape index (κ3) is 4.17. The van der Waals surface area contributed by atoms with Crippen molar-refractivity contribution < 1.29 is 17.9 Å². The summed E-state index contributed by atoms with van der Waals surface area (Å²) < 4.78 is 45.4. The summed E-state index contributed by atoms with van der Waals surface area (Å²) in [6.45, 7) is 5.24. The van der Waals surface area contributed by atoms with Crippen molar-refractivity contribution in [2.45, 2.75) is 32.4 Å². The summed E-state index contributed by atoms with van der Waals surface area (Å²) >= 11 is 6.88. The maximum Gasteiger partial charge on any atom is 0.420 e. The molecule has 25 heavy (non-hydrogen) atoms. The maximum absolute atomic E-state index is 13.2. The number of halogens is 4. The van der Waals surface area contributed by atoms with E-state index in [0.29, 0.717) is 11.1 Å². The van der Waals surface area contributed by atoms with Gasteiger partial charge in [0.05, 0.1) is 16.3 Å². The molecule has 0 aliphatic heterocycles. The summed E-state index contributed by atoms with van der Waals surface area (Å²) in [5.41, 5.74) is -1.47. The fraction of sp³-hybridized carbons (Fsp3) is 0.375. The maximum atomic E-state index is 13.2. The van der Waals surface area contributed by atoms with Crippen LogP contribution in [0, 0.1) is 12.3 Å². The van der Waals surface area contributed by atoms with Gasteiger partial charge in [-0.25, -0.2) is 0 Å². The first-order valence-electron chi connectivity index (χ1n) is 7.03. The minimum atomic E-state index is -4.68. The van der Waals surface area contributed by atoms with Gasteiger partial charge in [0.2, 0.25) is 0 Å². The van der Waals surface area contributed by atoms with Gasteiger partial charge in [0.15, 0.2) is 0 Å². The van der Waals surface area contributed by atoms with E-state index in [-0.39, 0.29) is 17.3 Å². The van der Waals surface area contributed by atoms with Gasteiger partial charge in [0, 0.05) is 11.5 Å². The highest BCUT2D eigenvalue weighted by atomic mass is 35.5. The number of nitrogens with zero attached hydrogens (tertiary/aromatic N) is 2.